The highest BCUT2D eigenvalue weighted by atomic mass is 19.4. The van der Waals surface area contributed by atoms with Crippen molar-refractivity contribution in [3.05, 3.63) is 0 Å². The van der Waals surface area contributed by atoms with Crippen LogP contribution in [0.1, 0.15) is 6.42 Å². The van der Waals surface area contributed by atoms with Crippen molar-refractivity contribution in [3.8, 4) is 0 Å². The van der Waals surface area contributed by atoms with E-state index in [1.807, 2.05) is 0 Å². The van der Waals surface area contributed by atoms with E-state index in [1.54, 1.807) is 0 Å². The Bertz CT molecular complexity index is 1810. The number of Topliss-reactive ketones (excluding diaryl/α,β-unsaturated/α-hetero) is 1. The Morgan fingerprint density at radius 1 is 0.377 bits per heavy atom. The first kappa shape index (κ1) is 48.0. The zero-order valence-corrected chi connectivity index (χ0v) is 27.8. The third-order valence-electron chi connectivity index (χ3n) is 12.1. The van der Waals surface area contributed by atoms with Crippen LogP contribution >= 0.6 is 0 Å². The molecule has 0 aliphatic heterocycles. The molecule has 8 saturated carbocycles. The van der Waals surface area contributed by atoms with E-state index in [9.17, 15) is 85.3 Å². The highest BCUT2D eigenvalue weighted by molar-refractivity contribution is 6.04. The summed E-state index contributed by atoms with van der Waals surface area (Å²) < 4.78 is 428. The van der Waals surface area contributed by atoms with Gasteiger partial charge in [-0.3, -0.25) is 4.79 Å². The van der Waals surface area contributed by atoms with E-state index >= 15 is 52.7 Å². The number of hydrogen-bond donors (Lipinski definition) is 2. The molecule has 8 aliphatic rings. The van der Waals surface area contributed by atoms with Crippen LogP contribution in [0.4, 0.5) is 123 Å². The minimum atomic E-state index is -8.18. The summed E-state index contributed by atoms with van der Waals surface area (Å²) in [6, 6.07) is 0. The third kappa shape index (κ3) is 3.45. The van der Waals surface area contributed by atoms with Crippen LogP contribution in [0.15, 0.2) is 0 Å². The van der Waals surface area contributed by atoms with Crippen molar-refractivity contribution < 1.29 is 152 Å². The zero-order valence-electron chi connectivity index (χ0n) is 27.8. The second kappa shape index (κ2) is 11.1. The lowest BCUT2D eigenvalue weighted by atomic mass is 9.40. The van der Waals surface area contributed by atoms with Crippen molar-refractivity contribution in [2.75, 3.05) is 26.4 Å². The summed E-state index contributed by atoms with van der Waals surface area (Å²) in [7, 11) is 0. The molecule has 0 amide bonds. The number of hydrogen-bond acceptors (Lipinski definition) is 6. The minimum Gasteiger partial charge on any atom is -0.391 e. The number of alkyl halides is 28. The largest absolute Gasteiger partial charge is 0.391 e. The van der Waals surface area contributed by atoms with Crippen LogP contribution < -0.4 is 0 Å². The molecule has 354 valence electrons. The highest BCUT2D eigenvalue weighted by Crippen LogP contribution is 2.89. The molecule has 0 aromatic carbocycles. The first-order valence-electron chi connectivity index (χ1n) is 15.7. The van der Waals surface area contributed by atoms with E-state index in [4.69, 9.17) is 0 Å². The molecule has 7 atom stereocenters. The van der Waals surface area contributed by atoms with Crippen LogP contribution in [-0.2, 0) is 19.0 Å². The Labute approximate surface area is 314 Å². The summed E-state index contributed by atoms with van der Waals surface area (Å²) in [6.07, 6.45) is -8.02. The lowest BCUT2D eigenvalue weighted by Crippen LogP contribution is -3.10. The van der Waals surface area contributed by atoms with Crippen LogP contribution in [0.25, 0.3) is 0 Å². The lowest BCUT2D eigenvalue weighted by molar-refractivity contribution is -0.619. The van der Waals surface area contributed by atoms with Crippen molar-refractivity contribution >= 4 is 5.78 Å². The maximum atomic E-state index is 15.8. The Morgan fingerprint density at radius 2 is 0.689 bits per heavy atom. The van der Waals surface area contributed by atoms with Gasteiger partial charge in [0.1, 0.15) is 6.10 Å². The van der Waals surface area contributed by atoms with Crippen molar-refractivity contribution in [1.82, 2.24) is 0 Å². The van der Waals surface area contributed by atoms with Crippen molar-refractivity contribution in [1.29, 1.82) is 0 Å². The molecule has 61 heavy (non-hydrogen) atoms. The molecule has 8 aliphatic carbocycles. The molecule has 0 aromatic rings. The molecule has 2 N–H and O–H groups in total. The van der Waals surface area contributed by atoms with Crippen molar-refractivity contribution in [2.45, 2.75) is 129 Å². The van der Waals surface area contributed by atoms with Crippen LogP contribution in [0.3, 0.4) is 0 Å². The van der Waals surface area contributed by atoms with Gasteiger partial charge >= 0.3 is 99.1 Å². The number of carbonyl (C=O) groups is 1. The van der Waals surface area contributed by atoms with E-state index in [-0.39, 0.29) is 0 Å². The molecule has 8 fully saturated rings. The van der Waals surface area contributed by atoms with E-state index in [0.29, 0.717) is 0 Å². The van der Waals surface area contributed by atoms with Crippen LogP contribution in [0, 0.1) is 0 Å². The molecule has 8 rings (SSSR count). The second-order valence-corrected chi connectivity index (χ2v) is 14.8. The van der Waals surface area contributed by atoms with E-state index < -0.39 is 161 Å². The molecule has 0 spiro atoms. The number of aliphatic hydroxyl groups is 2. The summed E-state index contributed by atoms with van der Waals surface area (Å²) in [6.45, 7) is -9.30. The Balaban J connectivity index is 1.19. The van der Waals surface area contributed by atoms with Gasteiger partial charge in [0.25, 0.3) is 11.3 Å². The van der Waals surface area contributed by atoms with Gasteiger partial charge in [0.2, 0.25) is 5.78 Å². The maximum Gasteiger partial charge on any atom is 0.340 e. The van der Waals surface area contributed by atoms with Gasteiger partial charge in [-0.1, -0.05) is 0 Å². The normalized spacial score (nSPS) is 49.5. The first-order chi connectivity index (χ1) is 26.6. The lowest BCUT2D eigenvalue weighted by Gasteiger charge is -2.74. The van der Waals surface area contributed by atoms with Crippen LogP contribution in [0.5, 0.6) is 0 Å². The van der Waals surface area contributed by atoms with Gasteiger partial charge in [-0.25, -0.2) is 35.1 Å². The number of rotatable bonds is 11. The molecular formula is C27H14F28O6. The number of carbonyl (C=O) groups excluding carboxylic acids is 1. The van der Waals surface area contributed by atoms with Crippen molar-refractivity contribution in [2.24, 2.45) is 0 Å². The molecule has 34 heteroatoms. The summed E-state index contributed by atoms with van der Waals surface area (Å²) >= 11 is 0. The monoisotopic (exact) mass is 966 g/mol. The Hall–Kier alpha value is -2.49. The zero-order chi connectivity index (χ0) is 47.9. The maximum absolute atomic E-state index is 15.8. The first-order valence-corrected chi connectivity index (χ1v) is 15.7. The molecule has 0 heterocycles. The van der Waals surface area contributed by atoms with Gasteiger partial charge < -0.3 is 24.4 Å². The van der Waals surface area contributed by atoms with Gasteiger partial charge in [0, 0.05) is 6.61 Å². The summed E-state index contributed by atoms with van der Waals surface area (Å²) in [5.74, 6) is -91.9. The highest BCUT2D eigenvalue weighted by Gasteiger charge is 3.24. The van der Waals surface area contributed by atoms with Gasteiger partial charge in [-0.2, -0.15) is 87.8 Å². The molecule has 0 radical (unpaired) electrons. The van der Waals surface area contributed by atoms with Crippen LogP contribution in [0.2, 0.25) is 0 Å². The minimum absolute atomic E-state index is 1.62. The predicted octanol–water partition coefficient (Wildman–Crippen LogP) is 6.51. The van der Waals surface area contributed by atoms with Gasteiger partial charge in [-0.05, 0) is 6.42 Å². The number of halogens is 28. The topological polar surface area (TPSA) is 85.2 Å². The fourth-order valence-electron chi connectivity index (χ4n) is 8.87. The summed E-state index contributed by atoms with van der Waals surface area (Å²) in [5.41, 5.74) is -61.8. The fourth-order valence-corrected chi connectivity index (χ4v) is 8.87. The predicted molar refractivity (Wildman–Crippen MR) is 127 cm³/mol. The number of ketones is 1. The van der Waals surface area contributed by atoms with Crippen LogP contribution in [-0.4, -0.2) is 165 Å². The molecule has 0 saturated heterocycles. The van der Waals surface area contributed by atoms with Gasteiger partial charge in [-0.15, -0.1) is 0 Å². The van der Waals surface area contributed by atoms with E-state index in [1.165, 1.54) is 0 Å². The van der Waals surface area contributed by atoms with Gasteiger partial charge in [0.15, 0.2) is 0 Å². The molecule has 7 unspecified atom stereocenters. The standard InChI is InChI=1S/C27H14F28O6/c28-9-8(58)10(29)19(39,40)11(30,17(9,35)36)23(47,48)15(34,18(9,37)38)27(10,55)61-4-6(56)1-2-59-3-7(57)5-60-16-24(49,50)12(31)20(41,42)13(32,25(16,51)52)22(45,46)14(33,21(12,43)44)26(16,53)54/h6-7,56-57H,1-5H2. The summed E-state index contributed by atoms with van der Waals surface area (Å²) in [4.78, 5) is 12.1. The number of ether oxygens (including phenoxy) is 3. The smallest absolute Gasteiger partial charge is 0.340 e. The molecule has 6 nitrogen and oxygen atoms in total. The quantitative estimate of drug-likeness (QED) is 0.182. The molecule has 8 bridgehead atoms. The fraction of sp³-hybridized carbons (Fsp3) is 0.963. The van der Waals surface area contributed by atoms with E-state index in [2.05, 4.69) is 14.2 Å². The second-order valence-electron chi connectivity index (χ2n) is 14.8. The van der Waals surface area contributed by atoms with E-state index in [0.717, 1.165) is 0 Å². The Morgan fingerprint density at radius 3 is 1.08 bits per heavy atom. The average Bonchev–Trinajstić information content (AvgIpc) is 3.11. The van der Waals surface area contributed by atoms with Gasteiger partial charge in [0.05, 0.1) is 25.9 Å². The van der Waals surface area contributed by atoms with Crippen molar-refractivity contribution in [3.63, 3.8) is 0 Å². The molecule has 0 aromatic heterocycles. The summed E-state index contributed by atoms with van der Waals surface area (Å²) in [5, 5.41) is 19.6. The Kier molecular flexibility index (Phi) is 8.75. The number of aliphatic hydroxyl groups excluding tert-OH is 2. The average molecular weight is 966 g/mol. The SMILES string of the molecule is O=C1C2(F)C(F)(F)C3(F)C(F)(F)C1(F)C(F)(OCC(O)CCOCC(O)COC14C(F)(F)C5(F)C(F)(F)C(F)(C(F)(F)C(F)(C5(F)F)C1(F)F)C4(F)F)C(F)(C2(F)F)C3(F)F. The molecular weight excluding hydrogens is 952 g/mol. The third-order valence-corrected chi connectivity index (χ3v) is 12.1.